The Morgan fingerprint density at radius 2 is 1.79 bits per heavy atom. The van der Waals surface area contributed by atoms with Crippen LogP contribution in [0.4, 0.5) is 11.4 Å². The van der Waals surface area contributed by atoms with Crippen molar-refractivity contribution >= 4 is 40.1 Å². The topological polar surface area (TPSA) is 98.7 Å². The molecule has 0 saturated carbocycles. The number of carbonyl (C=O) groups is 2. The molecule has 0 aliphatic carbocycles. The highest BCUT2D eigenvalue weighted by Crippen LogP contribution is 2.36. The van der Waals surface area contributed by atoms with E-state index < -0.39 is 5.25 Å². The predicted molar refractivity (Wildman–Crippen MR) is 145 cm³/mol. The fraction of sp³-hybridized carbons (Fsp3) is 0.250. The number of aliphatic imine (C=N–C) groups is 1. The Labute approximate surface area is 224 Å². The Kier molecular flexibility index (Phi) is 7.69. The van der Waals surface area contributed by atoms with E-state index in [9.17, 15) is 9.59 Å². The van der Waals surface area contributed by atoms with Crippen LogP contribution < -0.4 is 24.3 Å². The molecule has 1 fully saturated rings. The fourth-order valence-electron chi connectivity index (χ4n) is 4.04. The molecule has 0 bridgehead atoms. The Morgan fingerprint density at radius 3 is 2.53 bits per heavy atom. The number of nitrogens with zero attached hydrogens (tertiary/aromatic N) is 2. The number of fused-ring (bicyclic) bond motifs is 1. The van der Waals surface area contributed by atoms with Gasteiger partial charge in [0, 0.05) is 12.1 Å². The highest BCUT2D eigenvalue weighted by Gasteiger charge is 2.39. The molecule has 38 heavy (non-hydrogen) atoms. The Hall–Kier alpha value is -4.18. The zero-order chi connectivity index (χ0) is 26.5. The second-order valence-electron chi connectivity index (χ2n) is 8.52. The van der Waals surface area contributed by atoms with Crippen LogP contribution in [-0.2, 0) is 16.1 Å². The first kappa shape index (κ1) is 25.5. The van der Waals surface area contributed by atoms with Crippen molar-refractivity contribution in [1.82, 2.24) is 4.90 Å². The number of amides is 2. The molecule has 1 saturated heterocycles. The number of hydrogen-bond acceptors (Lipinski definition) is 8. The number of rotatable bonds is 9. The normalized spacial score (nSPS) is 17.1. The van der Waals surface area contributed by atoms with E-state index >= 15 is 0 Å². The lowest BCUT2D eigenvalue weighted by atomic mass is 10.1. The van der Waals surface area contributed by atoms with Gasteiger partial charge in [-0.25, -0.2) is 4.99 Å². The summed E-state index contributed by atoms with van der Waals surface area (Å²) in [7, 11) is 1.58. The van der Waals surface area contributed by atoms with E-state index in [1.807, 2.05) is 49.4 Å². The quantitative estimate of drug-likeness (QED) is 0.414. The maximum absolute atomic E-state index is 13.5. The Morgan fingerprint density at radius 1 is 1.05 bits per heavy atom. The first-order valence-electron chi connectivity index (χ1n) is 12.1. The van der Waals surface area contributed by atoms with Crippen molar-refractivity contribution in [2.24, 2.45) is 4.99 Å². The summed E-state index contributed by atoms with van der Waals surface area (Å²) in [5, 5.41) is 2.77. The van der Waals surface area contributed by atoms with Gasteiger partial charge in [0.15, 0.2) is 16.7 Å². The molecule has 2 amide bonds. The molecule has 2 aliphatic rings. The average molecular weight is 534 g/mol. The van der Waals surface area contributed by atoms with Gasteiger partial charge in [0.2, 0.25) is 18.6 Å². The summed E-state index contributed by atoms with van der Waals surface area (Å²) in [4.78, 5) is 32.7. The second-order valence-corrected chi connectivity index (χ2v) is 9.69. The molecule has 2 aliphatic heterocycles. The van der Waals surface area contributed by atoms with Crippen LogP contribution in [0, 0.1) is 0 Å². The van der Waals surface area contributed by atoms with Gasteiger partial charge in [-0.3, -0.25) is 14.5 Å². The molecule has 0 radical (unpaired) electrons. The number of amidine groups is 1. The third-order valence-electron chi connectivity index (χ3n) is 5.91. The van der Waals surface area contributed by atoms with Crippen LogP contribution in [0.3, 0.4) is 0 Å². The Balaban J connectivity index is 1.35. The van der Waals surface area contributed by atoms with Crippen molar-refractivity contribution in [2.75, 3.05) is 25.8 Å². The number of nitrogens with one attached hydrogen (secondary N) is 1. The lowest BCUT2D eigenvalue weighted by molar-refractivity contribution is -0.128. The van der Waals surface area contributed by atoms with Crippen LogP contribution in [-0.4, -0.2) is 47.6 Å². The molecule has 10 heteroatoms. The molecule has 2 heterocycles. The SMILES string of the molecule is CCOc1ccc(N=C2SC(CC(=O)Nc3ccc(OC)cc3)C(=O)N2Cc2ccc3c(c2)OCO3)cc1. The third kappa shape index (κ3) is 5.86. The monoisotopic (exact) mass is 533 g/mol. The molecule has 1 unspecified atom stereocenters. The summed E-state index contributed by atoms with van der Waals surface area (Å²) >= 11 is 1.28. The second kappa shape index (κ2) is 11.5. The minimum absolute atomic E-state index is 0.00939. The van der Waals surface area contributed by atoms with Crippen LogP contribution in [0.2, 0.25) is 0 Å². The van der Waals surface area contributed by atoms with E-state index in [4.69, 9.17) is 23.9 Å². The molecule has 3 aromatic carbocycles. The van der Waals surface area contributed by atoms with Crippen LogP contribution >= 0.6 is 11.8 Å². The van der Waals surface area contributed by atoms with Gasteiger partial charge in [0.05, 0.1) is 25.9 Å². The molecular weight excluding hydrogens is 506 g/mol. The molecule has 5 rings (SSSR count). The van der Waals surface area contributed by atoms with E-state index in [0.717, 1.165) is 11.3 Å². The fourth-order valence-corrected chi connectivity index (χ4v) is 5.20. The summed E-state index contributed by atoms with van der Waals surface area (Å²) in [6.45, 7) is 2.96. The highest BCUT2D eigenvalue weighted by atomic mass is 32.2. The smallest absolute Gasteiger partial charge is 0.242 e. The van der Waals surface area contributed by atoms with Crippen molar-refractivity contribution in [3.05, 3.63) is 72.3 Å². The minimum Gasteiger partial charge on any atom is -0.497 e. The molecule has 0 spiro atoms. The number of thioether (sulfide) groups is 1. The van der Waals surface area contributed by atoms with Crippen LogP contribution in [0.15, 0.2) is 71.7 Å². The molecule has 3 aromatic rings. The number of hydrogen-bond donors (Lipinski definition) is 1. The zero-order valence-electron chi connectivity index (χ0n) is 21.0. The maximum atomic E-state index is 13.5. The lowest BCUT2D eigenvalue weighted by Gasteiger charge is -2.17. The van der Waals surface area contributed by atoms with Crippen LogP contribution in [0.25, 0.3) is 0 Å². The van der Waals surface area contributed by atoms with Crippen LogP contribution in [0.1, 0.15) is 18.9 Å². The van der Waals surface area contributed by atoms with Gasteiger partial charge in [0.1, 0.15) is 16.7 Å². The van der Waals surface area contributed by atoms with Crippen LogP contribution in [0.5, 0.6) is 23.0 Å². The molecule has 9 nitrogen and oxygen atoms in total. The van der Waals surface area contributed by atoms with E-state index in [2.05, 4.69) is 5.32 Å². The van der Waals surface area contributed by atoms with Crippen molar-refractivity contribution < 1.29 is 28.5 Å². The molecular formula is C28H27N3O6S. The van der Waals surface area contributed by atoms with Crippen molar-refractivity contribution in [3.8, 4) is 23.0 Å². The van der Waals surface area contributed by atoms with Gasteiger partial charge >= 0.3 is 0 Å². The Bertz CT molecular complexity index is 1340. The van der Waals surface area contributed by atoms with E-state index in [1.165, 1.54) is 11.8 Å². The third-order valence-corrected chi connectivity index (χ3v) is 7.09. The summed E-state index contributed by atoms with van der Waals surface area (Å²) < 4.78 is 21.6. The van der Waals surface area contributed by atoms with E-state index in [1.54, 1.807) is 36.3 Å². The van der Waals surface area contributed by atoms with E-state index in [0.29, 0.717) is 40.4 Å². The first-order valence-corrected chi connectivity index (χ1v) is 13.0. The number of benzene rings is 3. The summed E-state index contributed by atoms with van der Waals surface area (Å²) in [5.41, 5.74) is 2.18. The van der Waals surface area contributed by atoms with Crippen molar-refractivity contribution in [1.29, 1.82) is 0 Å². The lowest BCUT2D eigenvalue weighted by Crippen LogP contribution is -2.33. The summed E-state index contributed by atoms with van der Waals surface area (Å²) in [6, 6.07) is 20.0. The molecule has 1 atom stereocenters. The van der Waals surface area contributed by atoms with Gasteiger partial charge in [-0.2, -0.15) is 0 Å². The van der Waals surface area contributed by atoms with Gasteiger partial charge < -0.3 is 24.3 Å². The van der Waals surface area contributed by atoms with Gasteiger partial charge in [-0.15, -0.1) is 0 Å². The number of carbonyl (C=O) groups excluding carboxylic acids is 2. The van der Waals surface area contributed by atoms with Gasteiger partial charge in [0.25, 0.3) is 0 Å². The number of anilines is 1. The van der Waals surface area contributed by atoms with E-state index in [-0.39, 0.29) is 31.6 Å². The maximum Gasteiger partial charge on any atom is 0.242 e. The molecule has 1 N–H and O–H groups in total. The zero-order valence-corrected chi connectivity index (χ0v) is 21.8. The average Bonchev–Trinajstić information content (AvgIpc) is 3.50. The molecule has 196 valence electrons. The summed E-state index contributed by atoms with van der Waals surface area (Å²) in [5.74, 6) is 2.32. The van der Waals surface area contributed by atoms with Gasteiger partial charge in [-0.1, -0.05) is 17.8 Å². The predicted octanol–water partition coefficient (Wildman–Crippen LogP) is 4.98. The summed E-state index contributed by atoms with van der Waals surface area (Å²) in [6.07, 6.45) is 0.00939. The van der Waals surface area contributed by atoms with Gasteiger partial charge in [-0.05, 0) is 73.2 Å². The minimum atomic E-state index is -0.608. The number of ether oxygens (including phenoxy) is 4. The number of methoxy groups -OCH3 is 1. The largest absolute Gasteiger partial charge is 0.497 e. The van der Waals surface area contributed by atoms with Crippen molar-refractivity contribution in [2.45, 2.75) is 25.1 Å². The first-order chi connectivity index (χ1) is 18.5. The standard InChI is InChI=1S/C28H27N3O6S/c1-3-35-22-11-7-20(8-12-22)30-28-31(16-18-4-13-23-24(14-18)37-17-36-23)27(33)25(38-28)15-26(32)29-19-5-9-21(34-2)10-6-19/h4-14,25H,3,15-17H2,1-2H3,(H,29,32). The highest BCUT2D eigenvalue weighted by molar-refractivity contribution is 8.15. The molecule has 0 aromatic heterocycles. The van der Waals surface area contributed by atoms with Crippen molar-refractivity contribution in [3.63, 3.8) is 0 Å².